The van der Waals surface area contributed by atoms with Gasteiger partial charge in [-0.05, 0) is 64.8 Å². The van der Waals surface area contributed by atoms with Crippen LogP contribution in [-0.4, -0.2) is 73.1 Å². The van der Waals surface area contributed by atoms with Crippen LogP contribution >= 0.6 is 0 Å². The molecular weight excluding hydrogens is 400 g/mol. The maximum absolute atomic E-state index is 5.76. The number of aryl methyl sites for hydroxylation is 2. The fourth-order valence-electron chi connectivity index (χ4n) is 4.58. The van der Waals surface area contributed by atoms with Crippen molar-refractivity contribution in [1.29, 1.82) is 0 Å². The van der Waals surface area contributed by atoms with Gasteiger partial charge in [-0.1, -0.05) is 18.2 Å². The van der Waals surface area contributed by atoms with E-state index in [2.05, 4.69) is 62.3 Å². The van der Waals surface area contributed by atoms with E-state index in [1.54, 1.807) is 0 Å². The number of likely N-dealkylation sites (tertiary alicyclic amines) is 1. The molecule has 174 valence electrons. The summed E-state index contributed by atoms with van der Waals surface area (Å²) in [6.07, 6.45) is 2.37. The number of aliphatic imine (C=N–C) groups is 1. The largest absolute Gasteiger partial charge is 0.444 e. The van der Waals surface area contributed by atoms with Crippen LogP contribution in [0.25, 0.3) is 0 Å². The second-order valence-corrected chi connectivity index (χ2v) is 8.97. The van der Waals surface area contributed by atoms with Crippen LogP contribution in [0.5, 0.6) is 0 Å². The Bertz CT molecular complexity index is 844. The molecule has 0 atom stereocenters. The standard InChI is InChI=1S/C25H38N6O/c1-4-26-25(31-16-14-30(15-17-31)23-8-6-5-7-9-23)27-18-22-10-12-29(13-11-22)19-24-28-20(2)21(3)32-24/h5-9,22H,4,10-19H2,1-3H3,(H,26,27). The molecule has 7 heteroatoms. The Balaban J connectivity index is 1.25. The Hall–Kier alpha value is -2.54. The number of rotatable bonds is 6. The van der Waals surface area contributed by atoms with E-state index in [0.29, 0.717) is 5.92 Å². The van der Waals surface area contributed by atoms with Crippen molar-refractivity contribution in [3.63, 3.8) is 0 Å². The minimum atomic E-state index is 0.651. The zero-order valence-electron chi connectivity index (χ0n) is 19.9. The van der Waals surface area contributed by atoms with Gasteiger partial charge >= 0.3 is 0 Å². The molecule has 4 rings (SSSR count). The van der Waals surface area contributed by atoms with Gasteiger partial charge < -0.3 is 19.5 Å². The number of guanidine groups is 1. The first-order valence-electron chi connectivity index (χ1n) is 12.1. The number of hydrogen-bond acceptors (Lipinski definition) is 5. The monoisotopic (exact) mass is 438 g/mol. The van der Waals surface area contributed by atoms with Gasteiger partial charge in [0.25, 0.3) is 0 Å². The number of aromatic nitrogens is 1. The van der Waals surface area contributed by atoms with Crippen LogP contribution in [-0.2, 0) is 6.54 Å². The highest BCUT2D eigenvalue weighted by molar-refractivity contribution is 5.80. The second kappa shape index (κ2) is 10.9. The summed E-state index contributed by atoms with van der Waals surface area (Å²) in [6.45, 7) is 15.0. The third-order valence-corrected chi connectivity index (χ3v) is 6.67. The van der Waals surface area contributed by atoms with Gasteiger partial charge in [0.15, 0.2) is 5.96 Å². The van der Waals surface area contributed by atoms with Gasteiger partial charge in [0.05, 0.1) is 12.2 Å². The average molecular weight is 439 g/mol. The molecular formula is C25H38N6O. The van der Waals surface area contributed by atoms with E-state index < -0.39 is 0 Å². The lowest BCUT2D eigenvalue weighted by molar-refractivity contribution is 0.166. The number of hydrogen-bond donors (Lipinski definition) is 1. The maximum atomic E-state index is 5.76. The van der Waals surface area contributed by atoms with E-state index in [0.717, 1.165) is 82.2 Å². The highest BCUT2D eigenvalue weighted by Crippen LogP contribution is 2.21. The van der Waals surface area contributed by atoms with Gasteiger partial charge in [-0.3, -0.25) is 9.89 Å². The topological polar surface area (TPSA) is 60.1 Å². The number of para-hydroxylation sites is 1. The van der Waals surface area contributed by atoms with Crippen LogP contribution in [0.2, 0.25) is 0 Å². The number of anilines is 1. The first-order valence-corrected chi connectivity index (χ1v) is 12.1. The molecule has 2 aromatic rings. The predicted molar refractivity (Wildman–Crippen MR) is 130 cm³/mol. The Labute approximate surface area is 192 Å². The van der Waals surface area contributed by atoms with Gasteiger partial charge in [0, 0.05) is 45.0 Å². The van der Waals surface area contributed by atoms with E-state index in [1.807, 2.05) is 13.8 Å². The smallest absolute Gasteiger partial charge is 0.208 e. The zero-order chi connectivity index (χ0) is 22.3. The van der Waals surface area contributed by atoms with Crippen LogP contribution in [0.1, 0.15) is 37.1 Å². The zero-order valence-corrected chi connectivity index (χ0v) is 19.9. The van der Waals surface area contributed by atoms with Crippen LogP contribution in [0.3, 0.4) is 0 Å². The second-order valence-electron chi connectivity index (χ2n) is 8.97. The summed E-state index contributed by atoms with van der Waals surface area (Å²) in [5.74, 6) is 3.51. The van der Waals surface area contributed by atoms with E-state index in [-0.39, 0.29) is 0 Å². The minimum absolute atomic E-state index is 0.651. The van der Waals surface area contributed by atoms with Gasteiger partial charge in [-0.2, -0.15) is 0 Å². The molecule has 1 N–H and O–H groups in total. The summed E-state index contributed by atoms with van der Waals surface area (Å²) < 4.78 is 5.76. The van der Waals surface area contributed by atoms with Gasteiger partial charge in [-0.25, -0.2) is 4.98 Å². The Kier molecular flexibility index (Phi) is 7.68. The number of oxazole rings is 1. The van der Waals surface area contributed by atoms with Crippen LogP contribution in [0, 0.1) is 19.8 Å². The van der Waals surface area contributed by atoms with Gasteiger partial charge in [-0.15, -0.1) is 0 Å². The van der Waals surface area contributed by atoms with Gasteiger partial charge in [0.2, 0.25) is 5.89 Å². The first kappa shape index (κ1) is 22.6. The lowest BCUT2D eigenvalue weighted by Crippen LogP contribution is -2.52. The Morgan fingerprint density at radius 1 is 1.06 bits per heavy atom. The van der Waals surface area contributed by atoms with E-state index in [1.165, 1.54) is 18.5 Å². The van der Waals surface area contributed by atoms with Crippen molar-refractivity contribution < 1.29 is 4.42 Å². The molecule has 2 aliphatic heterocycles. The molecule has 3 heterocycles. The molecule has 0 spiro atoms. The van der Waals surface area contributed by atoms with Crippen LogP contribution < -0.4 is 10.2 Å². The summed E-state index contributed by atoms with van der Waals surface area (Å²) in [5.41, 5.74) is 2.32. The Morgan fingerprint density at radius 3 is 2.41 bits per heavy atom. The average Bonchev–Trinajstić information content (AvgIpc) is 3.15. The third kappa shape index (κ3) is 5.82. The molecule has 2 fully saturated rings. The van der Waals surface area contributed by atoms with Crippen molar-refractivity contribution in [2.75, 3.05) is 57.3 Å². The van der Waals surface area contributed by atoms with Crippen molar-refractivity contribution in [3.05, 3.63) is 47.7 Å². The summed E-state index contributed by atoms with van der Waals surface area (Å²) >= 11 is 0. The first-order chi connectivity index (χ1) is 15.6. The number of piperidine rings is 1. The van der Waals surface area contributed by atoms with Crippen LogP contribution in [0.15, 0.2) is 39.7 Å². The van der Waals surface area contributed by atoms with Crippen molar-refractivity contribution in [3.8, 4) is 0 Å². The fraction of sp³-hybridized carbons (Fsp3) is 0.600. The van der Waals surface area contributed by atoms with E-state index in [9.17, 15) is 0 Å². The minimum Gasteiger partial charge on any atom is -0.444 e. The molecule has 0 amide bonds. The molecule has 0 aliphatic carbocycles. The Morgan fingerprint density at radius 2 is 1.78 bits per heavy atom. The summed E-state index contributed by atoms with van der Waals surface area (Å²) in [4.78, 5) is 16.9. The summed E-state index contributed by atoms with van der Waals surface area (Å²) in [5, 5.41) is 3.52. The molecule has 0 unspecified atom stereocenters. The molecule has 0 bridgehead atoms. The number of piperazine rings is 1. The normalized spacial score (nSPS) is 18.9. The third-order valence-electron chi connectivity index (χ3n) is 6.67. The number of nitrogens with one attached hydrogen (secondary N) is 1. The lowest BCUT2D eigenvalue weighted by atomic mass is 9.97. The maximum Gasteiger partial charge on any atom is 0.208 e. The molecule has 7 nitrogen and oxygen atoms in total. The van der Waals surface area contributed by atoms with Gasteiger partial charge in [0.1, 0.15) is 5.76 Å². The summed E-state index contributed by atoms with van der Waals surface area (Å²) in [6, 6.07) is 10.7. The molecule has 1 aromatic heterocycles. The number of benzene rings is 1. The van der Waals surface area contributed by atoms with Crippen molar-refractivity contribution in [1.82, 2.24) is 20.1 Å². The quantitative estimate of drug-likeness (QED) is 0.552. The van der Waals surface area contributed by atoms with Crippen molar-refractivity contribution in [2.24, 2.45) is 10.9 Å². The fourth-order valence-corrected chi connectivity index (χ4v) is 4.58. The molecule has 2 aliphatic rings. The highest BCUT2D eigenvalue weighted by atomic mass is 16.4. The molecule has 1 aromatic carbocycles. The van der Waals surface area contributed by atoms with Crippen molar-refractivity contribution >= 4 is 11.6 Å². The van der Waals surface area contributed by atoms with E-state index >= 15 is 0 Å². The van der Waals surface area contributed by atoms with Crippen molar-refractivity contribution in [2.45, 2.75) is 40.2 Å². The van der Waals surface area contributed by atoms with Crippen LogP contribution in [0.4, 0.5) is 5.69 Å². The predicted octanol–water partition coefficient (Wildman–Crippen LogP) is 3.29. The number of nitrogens with zero attached hydrogens (tertiary/aromatic N) is 5. The SMILES string of the molecule is CCNC(=NCC1CCN(Cc2nc(C)c(C)o2)CC1)N1CCN(c2ccccc2)CC1. The molecule has 32 heavy (non-hydrogen) atoms. The van der Waals surface area contributed by atoms with E-state index in [4.69, 9.17) is 9.41 Å². The molecule has 0 radical (unpaired) electrons. The highest BCUT2D eigenvalue weighted by Gasteiger charge is 2.23. The molecule has 0 saturated carbocycles. The summed E-state index contributed by atoms with van der Waals surface area (Å²) in [7, 11) is 0. The molecule has 2 saturated heterocycles. The lowest BCUT2D eigenvalue weighted by Gasteiger charge is -2.38.